The van der Waals surface area contributed by atoms with Crippen LogP contribution in [0.1, 0.15) is 24.5 Å². The zero-order valence-corrected chi connectivity index (χ0v) is 19.4. The maximum atomic E-state index is 12.9. The first-order valence-electron chi connectivity index (χ1n) is 10.8. The molecule has 3 aromatic rings. The highest BCUT2D eigenvalue weighted by Gasteiger charge is 2.50. The fourth-order valence-corrected chi connectivity index (χ4v) is 5.00. The Labute approximate surface area is 194 Å². The largest absolute Gasteiger partial charge is 0.328 e. The zero-order chi connectivity index (χ0) is 23.6. The van der Waals surface area contributed by atoms with Crippen molar-refractivity contribution < 1.29 is 18.0 Å². The van der Waals surface area contributed by atoms with Gasteiger partial charge >= 0.3 is 0 Å². The van der Waals surface area contributed by atoms with E-state index in [1.807, 2.05) is 61.5 Å². The lowest BCUT2D eigenvalue weighted by Crippen LogP contribution is -2.68. The summed E-state index contributed by atoms with van der Waals surface area (Å²) in [7, 11) is -4.01. The van der Waals surface area contributed by atoms with Crippen molar-refractivity contribution in [3.05, 3.63) is 90.0 Å². The summed E-state index contributed by atoms with van der Waals surface area (Å²) >= 11 is 0. The Kier molecular flexibility index (Phi) is 6.08. The molecule has 33 heavy (non-hydrogen) atoms. The van der Waals surface area contributed by atoms with Crippen LogP contribution in [0.4, 0.5) is 0 Å². The molecule has 0 aromatic heterocycles. The van der Waals surface area contributed by atoms with Crippen molar-refractivity contribution in [2.75, 3.05) is 6.54 Å². The number of hydrogen-bond donors (Lipinski definition) is 1. The van der Waals surface area contributed by atoms with Crippen LogP contribution in [-0.4, -0.2) is 37.2 Å². The minimum absolute atomic E-state index is 0.0146. The Balaban J connectivity index is 1.42. The van der Waals surface area contributed by atoms with Crippen LogP contribution < -0.4 is 4.72 Å². The third kappa shape index (κ3) is 4.68. The van der Waals surface area contributed by atoms with E-state index in [0.29, 0.717) is 13.0 Å². The van der Waals surface area contributed by atoms with Gasteiger partial charge in [-0.2, -0.15) is 0 Å². The minimum atomic E-state index is -4.01. The monoisotopic (exact) mass is 462 g/mol. The standard InChI is InChI=1S/C26H26N2O4S/c1-19-8-14-23(15-9-19)33(31,32)27-25(30)26(2)16-17-28(26)24(29)18-20-10-12-22(13-11-20)21-6-4-3-5-7-21/h3-15H,16-18H2,1-2H3,(H,27,30). The van der Waals surface area contributed by atoms with E-state index in [2.05, 4.69) is 4.72 Å². The molecule has 6 nitrogen and oxygen atoms in total. The van der Waals surface area contributed by atoms with E-state index in [-0.39, 0.29) is 17.2 Å². The number of amides is 2. The van der Waals surface area contributed by atoms with Crippen LogP contribution >= 0.6 is 0 Å². The molecule has 7 heteroatoms. The average molecular weight is 463 g/mol. The number of nitrogens with zero attached hydrogens (tertiary/aromatic N) is 1. The van der Waals surface area contributed by atoms with Gasteiger partial charge in [-0.3, -0.25) is 9.59 Å². The fraction of sp³-hybridized carbons (Fsp3) is 0.231. The Bertz CT molecular complexity index is 1270. The second-order valence-corrected chi connectivity index (χ2v) is 10.2. The lowest BCUT2D eigenvalue weighted by Gasteiger charge is -2.49. The number of sulfonamides is 1. The average Bonchev–Trinajstić information content (AvgIpc) is 2.79. The van der Waals surface area contributed by atoms with E-state index in [9.17, 15) is 18.0 Å². The van der Waals surface area contributed by atoms with Gasteiger partial charge in [0.2, 0.25) is 5.91 Å². The summed E-state index contributed by atoms with van der Waals surface area (Å²) in [5.74, 6) is -0.902. The summed E-state index contributed by atoms with van der Waals surface area (Å²) in [6.07, 6.45) is 0.545. The van der Waals surface area contributed by atoms with Gasteiger partial charge in [-0.15, -0.1) is 0 Å². The molecule has 0 saturated carbocycles. The van der Waals surface area contributed by atoms with Gasteiger partial charge < -0.3 is 4.90 Å². The molecule has 0 spiro atoms. The van der Waals surface area contributed by atoms with Gasteiger partial charge in [-0.25, -0.2) is 13.1 Å². The predicted octanol–water partition coefficient (Wildman–Crippen LogP) is 3.70. The molecule has 170 valence electrons. The van der Waals surface area contributed by atoms with Crippen molar-refractivity contribution in [3.8, 4) is 11.1 Å². The third-order valence-electron chi connectivity index (χ3n) is 6.18. The van der Waals surface area contributed by atoms with E-state index >= 15 is 0 Å². The lowest BCUT2D eigenvalue weighted by atomic mass is 9.85. The van der Waals surface area contributed by atoms with Crippen molar-refractivity contribution in [1.82, 2.24) is 9.62 Å². The number of likely N-dealkylation sites (tertiary alicyclic amines) is 1. The lowest BCUT2D eigenvalue weighted by molar-refractivity contribution is -0.156. The number of rotatable bonds is 6. The molecule has 2 amide bonds. The molecule has 1 atom stereocenters. The van der Waals surface area contributed by atoms with Gasteiger partial charge in [0.05, 0.1) is 11.3 Å². The molecule has 1 fully saturated rings. The summed E-state index contributed by atoms with van der Waals surface area (Å²) in [6, 6.07) is 23.9. The van der Waals surface area contributed by atoms with E-state index in [1.165, 1.54) is 17.0 Å². The molecule has 1 N–H and O–H groups in total. The van der Waals surface area contributed by atoms with E-state index < -0.39 is 21.5 Å². The first-order chi connectivity index (χ1) is 15.7. The Hall–Kier alpha value is -3.45. The number of hydrogen-bond acceptors (Lipinski definition) is 4. The van der Waals surface area contributed by atoms with Crippen LogP contribution in [0, 0.1) is 6.92 Å². The van der Waals surface area contributed by atoms with Crippen LogP contribution in [0.5, 0.6) is 0 Å². The zero-order valence-electron chi connectivity index (χ0n) is 18.6. The molecule has 4 rings (SSSR count). The number of carbonyl (C=O) groups excluding carboxylic acids is 2. The molecule has 1 aliphatic heterocycles. The van der Waals surface area contributed by atoms with Crippen LogP contribution in [0.2, 0.25) is 0 Å². The fourth-order valence-electron chi connectivity index (χ4n) is 3.92. The van der Waals surface area contributed by atoms with E-state index in [0.717, 1.165) is 22.3 Å². The topological polar surface area (TPSA) is 83.6 Å². The summed E-state index contributed by atoms with van der Waals surface area (Å²) in [5, 5.41) is 0. The SMILES string of the molecule is Cc1ccc(S(=O)(=O)NC(=O)C2(C)CCN2C(=O)Cc2ccc(-c3ccccc3)cc2)cc1. The van der Waals surface area contributed by atoms with Crippen molar-refractivity contribution in [1.29, 1.82) is 0 Å². The van der Waals surface area contributed by atoms with Gasteiger partial charge in [0.25, 0.3) is 15.9 Å². The molecule has 3 aromatic carbocycles. The third-order valence-corrected chi connectivity index (χ3v) is 7.53. The van der Waals surface area contributed by atoms with Gasteiger partial charge in [0.15, 0.2) is 0 Å². The van der Waals surface area contributed by atoms with Gasteiger partial charge in [-0.1, -0.05) is 72.3 Å². The molecule has 0 radical (unpaired) electrons. The minimum Gasteiger partial charge on any atom is -0.328 e. The Morgan fingerprint density at radius 2 is 1.52 bits per heavy atom. The highest BCUT2D eigenvalue weighted by molar-refractivity contribution is 7.90. The highest BCUT2D eigenvalue weighted by atomic mass is 32.2. The van der Waals surface area contributed by atoms with Crippen molar-refractivity contribution in [2.24, 2.45) is 0 Å². The smallest absolute Gasteiger partial charge is 0.264 e. The molecule has 1 aliphatic rings. The first kappa shape index (κ1) is 22.7. The normalized spacial score (nSPS) is 17.8. The molecular weight excluding hydrogens is 436 g/mol. The van der Waals surface area contributed by atoms with Crippen LogP contribution in [-0.2, 0) is 26.0 Å². The second kappa shape index (κ2) is 8.83. The van der Waals surface area contributed by atoms with Crippen LogP contribution in [0.3, 0.4) is 0 Å². The molecule has 1 unspecified atom stereocenters. The first-order valence-corrected chi connectivity index (χ1v) is 12.3. The second-order valence-electron chi connectivity index (χ2n) is 8.56. The Morgan fingerprint density at radius 1 is 0.909 bits per heavy atom. The van der Waals surface area contributed by atoms with Crippen molar-refractivity contribution in [3.63, 3.8) is 0 Å². The van der Waals surface area contributed by atoms with Gasteiger partial charge in [-0.05, 0) is 49.1 Å². The molecule has 1 heterocycles. The summed E-state index contributed by atoms with van der Waals surface area (Å²) in [4.78, 5) is 27.3. The number of aryl methyl sites for hydroxylation is 1. The van der Waals surface area contributed by atoms with Gasteiger partial charge in [0, 0.05) is 6.54 Å². The molecular formula is C26H26N2O4S. The van der Waals surface area contributed by atoms with E-state index in [4.69, 9.17) is 0 Å². The van der Waals surface area contributed by atoms with Crippen LogP contribution in [0.25, 0.3) is 11.1 Å². The van der Waals surface area contributed by atoms with Crippen molar-refractivity contribution in [2.45, 2.75) is 37.1 Å². The molecule has 1 saturated heterocycles. The summed E-state index contributed by atoms with van der Waals surface area (Å²) in [5.41, 5.74) is 2.71. The van der Waals surface area contributed by atoms with E-state index in [1.54, 1.807) is 19.1 Å². The maximum absolute atomic E-state index is 12.9. The predicted molar refractivity (Wildman–Crippen MR) is 127 cm³/mol. The van der Waals surface area contributed by atoms with Crippen LogP contribution in [0.15, 0.2) is 83.8 Å². The summed E-state index contributed by atoms with van der Waals surface area (Å²) < 4.78 is 27.4. The Morgan fingerprint density at radius 3 is 2.09 bits per heavy atom. The van der Waals surface area contributed by atoms with Gasteiger partial charge in [0.1, 0.15) is 5.54 Å². The number of carbonyl (C=O) groups is 2. The maximum Gasteiger partial charge on any atom is 0.264 e. The summed E-state index contributed by atoms with van der Waals surface area (Å²) in [6.45, 7) is 3.87. The molecule has 0 aliphatic carbocycles. The molecule has 0 bridgehead atoms. The quantitative estimate of drug-likeness (QED) is 0.606. The highest BCUT2D eigenvalue weighted by Crippen LogP contribution is 2.32. The number of benzene rings is 3. The number of nitrogens with one attached hydrogen (secondary N) is 1. The van der Waals surface area contributed by atoms with Crippen molar-refractivity contribution >= 4 is 21.8 Å².